The van der Waals surface area contributed by atoms with E-state index in [2.05, 4.69) is 66.7 Å². The van der Waals surface area contributed by atoms with Gasteiger partial charge in [0.15, 0.2) is 0 Å². The highest BCUT2D eigenvalue weighted by atomic mass is 79.9. The van der Waals surface area contributed by atoms with Crippen molar-refractivity contribution >= 4 is 15.9 Å². The lowest BCUT2D eigenvalue weighted by Crippen LogP contribution is -2.38. The second-order valence-electron chi connectivity index (χ2n) is 6.16. The van der Waals surface area contributed by atoms with Crippen molar-refractivity contribution in [1.82, 2.24) is 4.90 Å². The van der Waals surface area contributed by atoms with Gasteiger partial charge in [0.05, 0.1) is 0 Å². The number of hydrogen-bond donors (Lipinski definition) is 1. The molecule has 0 aliphatic heterocycles. The Labute approximate surface area is 126 Å². The third-order valence-corrected chi connectivity index (χ3v) is 4.26. The molecule has 1 aromatic carbocycles. The van der Waals surface area contributed by atoms with Crippen LogP contribution in [-0.2, 0) is 6.54 Å². The summed E-state index contributed by atoms with van der Waals surface area (Å²) in [5.74, 6) is 0. The zero-order chi connectivity index (χ0) is 14.5. The lowest BCUT2D eigenvalue weighted by atomic mass is 9.93. The van der Waals surface area contributed by atoms with Gasteiger partial charge in [-0.2, -0.15) is 0 Å². The highest BCUT2D eigenvalue weighted by molar-refractivity contribution is 9.10. The number of nitrogens with zero attached hydrogens (tertiary/aromatic N) is 1. The normalized spacial score (nSPS) is 12.2. The van der Waals surface area contributed by atoms with Crippen LogP contribution in [0.5, 0.6) is 0 Å². The van der Waals surface area contributed by atoms with Crippen molar-refractivity contribution in [2.75, 3.05) is 19.6 Å². The van der Waals surface area contributed by atoms with Crippen molar-refractivity contribution in [2.24, 2.45) is 11.1 Å². The molecule has 3 heteroatoms. The zero-order valence-corrected chi connectivity index (χ0v) is 14.3. The van der Waals surface area contributed by atoms with E-state index in [1.54, 1.807) is 0 Å². The molecule has 0 radical (unpaired) electrons. The lowest BCUT2D eigenvalue weighted by molar-refractivity contribution is 0.176. The molecule has 1 aromatic rings. The van der Waals surface area contributed by atoms with E-state index in [4.69, 9.17) is 5.73 Å². The van der Waals surface area contributed by atoms with E-state index in [9.17, 15) is 0 Å². The van der Waals surface area contributed by atoms with Crippen LogP contribution in [0.3, 0.4) is 0 Å². The minimum absolute atomic E-state index is 0.180. The summed E-state index contributed by atoms with van der Waals surface area (Å²) in [5, 5.41) is 0. The van der Waals surface area contributed by atoms with Crippen LogP contribution in [0.15, 0.2) is 22.7 Å². The Bertz CT molecular complexity index is 402. The molecule has 0 saturated heterocycles. The van der Waals surface area contributed by atoms with Crippen molar-refractivity contribution in [3.8, 4) is 0 Å². The van der Waals surface area contributed by atoms with Crippen LogP contribution in [0, 0.1) is 12.3 Å². The van der Waals surface area contributed by atoms with Gasteiger partial charge in [0, 0.05) is 17.6 Å². The summed E-state index contributed by atoms with van der Waals surface area (Å²) in [6, 6.07) is 6.61. The van der Waals surface area contributed by atoms with E-state index in [0.717, 1.165) is 26.2 Å². The van der Waals surface area contributed by atoms with Crippen LogP contribution in [0.2, 0.25) is 0 Å². The van der Waals surface area contributed by atoms with Crippen LogP contribution in [0.1, 0.15) is 38.3 Å². The Morgan fingerprint density at radius 3 is 2.53 bits per heavy atom. The molecule has 19 heavy (non-hydrogen) atoms. The van der Waals surface area contributed by atoms with Crippen molar-refractivity contribution < 1.29 is 0 Å². The molecule has 2 nitrogen and oxygen atoms in total. The fraction of sp³-hybridized carbons (Fsp3) is 0.625. The van der Waals surface area contributed by atoms with E-state index in [-0.39, 0.29) is 5.41 Å². The first-order valence-corrected chi connectivity index (χ1v) is 7.84. The SMILES string of the molecule is CCCN(Cc1ccc(Br)c(C)c1)CC(C)(C)CN. The zero-order valence-electron chi connectivity index (χ0n) is 12.7. The number of halogens is 1. The number of hydrogen-bond acceptors (Lipinski definition) is 2. The smallest absolute Gasteiger partial charge is 0.0234 e. The average Bonchev–Trinajstić information content (AvgIpc) is 2.34. The summed E-state index contributed by atoms with van der Waals surface area (Å²) >= 11 is 3.56. The van der Waals surface area contributed by atoms with Crippen molar-refractivity contribution in [3.05, 3.63) is 33.8 Å². The molecule has 0 atom stereocenters. The number of rotatable bonds is 7. The van der Waals surface area contributed by atoms with E-state index in [0.29, 0.717) is 0 Å². The first-order chi connectivity index (χ1) is 8.88. The monoisotopic (exact) mass is 326 g/mol. The lowest BCUT2D eigenvalue weighted by Gasteiger charge is -2.31. The van der Waals surface area contributed by atoms with E-state index >= 15 is 0 Å². The highest BCUT2D eigenvalue weighted by Gasteiger charge is 2.19. The van der Waals surface area contributed by atoms with Gasteiger partial charge >= 0.3 is 0 Å². The van der Waals surface area contributed by atoms with Gasteiger partial charge in [0.25, 0.3) is 0 Å². The third-order valence-electron chi connectivity index (χ3n) is 3.37. The maximum Gasteiger partial charge on any atom is 0.0234 e. The second-order valence-corrected chi connectivity index (χ2v) is 7.02. The van der Waals surface area contributed by atoms with Gasteiger partial charge in [-0.1, -0.05) is 48.8 Å². The van der Waals surface area contributed by atoms with Crippen LogP contribution in [0.25, 0.3) is 0 Å². The molecule has 0 aromatic heterocycles. The third kappa shape index (κ3) is 5.64. The molecule has 0 saturated carbocycles. The summed E-state index contributed by atoms with van der Waals surface area (Å²) in [6.45, 7) is 12.8. The van der Waals surface area contributed by atoms with Gasteiger partial charge in [-0.15, -0.1) is 0 Å². The molecule has 0 aliphatic carbocycles. The van der Waals surface area contributed by atoms with Crippen molar-refractivity contribution in [2.45, 2.75) is 40.7 Å². The van der Waals surface area contributed by atoms with Gasteiger partial charge in [-0.3, -0.25) is 4.90 Å². The quantitative estimate of drug-likeness (QED) is 0.821. The summed E-state index contributed by atoms with van der Waals surface area (Å²) in [7, 11) is 0. The summed E-state index contributed by atoms with van der Waals surface area (Å²) < 4.78 is 1.18. The van der Waals surface area contributed by atoms with Crippen LogP contribution >= 0.6 is 15.9 Å². The minimum atomic E-state index is 0.180. The first kappa shape index (κ1) is 16.7. The Hall–Kier alpha value is -0.380. The molecule has 0 bridgehead atoms. The maximum absolute atomic E-state index is 5.86. The summed E-state index contributed by atoms with van der Waals surface area (Å²) in [4.78, 5) is 2.51. The number of aryl methyl sites for hydroxylation is 1. The van der Waals surface area contributed by atoms with E-state index < -0.39 is 0 Å². The summed E-state index contributed by atoms with van der Waals surface area (Å²) in [5.41, 5.74) is 8.71. The Balaban J connectivity index is 2.74. The largest absolute Gasteiger partial charge is 0.330 e. The Kier molecular flexibility index (Phi) is 6.51. The molecule has 0 heterocycles. The number of benzene rings is 1. The fourth-order valence-electron chi connectivity index (χ4n) is 2.26. The molecule has 0 unspecified atom stereocenters. The van der Waals surface area contributed by atoms with Crippen molar-refractivity contribution in [1.29, 1.82) is 0 Å². The van der Waals surface area contributed by atoms with Gasteiger partial charge in [-0.05, 0) is 49.0 Å². The molecule has 1 rings (SSSR count). The highest BCUT2D eigenvalue weighted by Crippen LogP contribution is 2.20. The van der Waals surface area contributed by atoms with Gasteiger partial charge in [-0.25, -0.2) is 0 Å². The molecular weight excluding hydrogens is 300 g/mol. The average molecular weight is 327 g/mol. The topological polar surface area (TPSA) is 29.3 Å². The molecule has 2 N–H and O–H groups in total. The predicted octanol–water partition coefficient (Wildman–Crippen LogP) is 3.95. The van der Waals surface area contributed by atoms with E-state index in [1.807, 2.05) is 0 Å². The fourth-order valence-corrected chi connectivity index (χ4v) is 2.51. The molecule has 0 amide bonds. The van der Waals surface area contributed by atoms with Gasteiger partial charge < -0.3 is 5.73 Å². The molecular formula is C16H27BrN2. The number of nitrogens with two attached hydrogens (primary N) is 1. The van der Waals surface area contributed by atoms with Crippen LogP contribution < -0.4 is 5.73 Å². The summed E-state index contributed by atoms with van der Waals surface area (Å²) in [6.07, 6.45) is 1.18. The maximum atomic E-state index is 5.86. The van der Waals surface area contributed by atoms with Crippen LogP contribution in [-0.4, -0.2) is 24.5 Å². The van der Waals surface area contributed by atoms with Gasteiger partial charge in [0.1, 0.15) is 0 Å². The minimum Gasteiger partial charge on any atom is -0.330 e. The first-order valence-electron chi connectivity index (χ1n) is 7.05. The molecule has 0 spiro atoms. The van der Waals surface area contributed by atoms with Crippen LogP contribution in [0.4, 0.5) is 0 Å². The van der Waals surface area contributed by atoms with Gasteiger partial charge in [0.2, 0.25) is 0 Å². The molecule has 108 valence electrons. The molecule has 0 aliphatic rings. The second kappa shape index (κ2) is 7.41. The van der Waals surface area contributed by atoms with E-state index in [1.165, 1.54) is 22.0 Å². The van der Waals surface area contributed by atoms with Crippen molar-refractivity contribution in [3.63, 3.8) is 0 Å². The predicted molar refractivity (Wildman–Crippen MR) is 87.3 cm³/mol. The Morgan fingerprint density at radius 2 is 2.00 bits per heavy atom. The Morgan fingerprint density at radius 1 is 1.32 bits per heavy atom. The standard InChI is InChI=1S/C16H27BrN2/c1-5-8-19(12-16(3,4)11-18)10-14-6-7-15(17)13(2)9-14/h6-7,9H,5,8,10-12,18H2,1-4H3. The molecule has 0 fully saturated rings.